The van der Waals surface area contributed by atoms with E-state index in [1.165, 1.54) is 11.3 Å². The lowest BCUT2D eigenvalue weighted by molar-refractivity contribution is -0.139. The van der Waals surface area contributed by atoms with Crippen LogP contribution in [0.5, 0.6) is 0 Å². The molecule has 0 N–H and O–H groups in total. The molecular formula is C25H29N5O3S. The lowest BCUT2D eigenvalue weighted by Crippen LogP contribution is -2.40. The Hall–Kier alpha value is -3.46. The molecule has 1 aliphatic rings. The largest absolute Gasteiger partial charge is 0.463 e. The second-order valence-corrected chi connectivity index (χ2v) is 9.51. The summed E-state index contributed by atoms with van der Waals surface area (Å²) in [5.74, 6) is -0.460. The molecule has 0 bridgehead atoms. The third-order valence-corrected chi connectivity index (χ3v) is 7.07. The maximum absolute atomic E-state index is 13.7. The number of nitrogens with zero attached hydrogens (tertiary/aromatic N) is 5. The molecule has 8 nitrogen and oxygen atoms in total. The van der Waals surface area contributed by atoms with Crippen LogP contribution in [0.4, 0.5) is 5.69 Å². The number of carbonyl (C=O) groups is 1. The molecule has 4 rings (SSSR count). The predicted molar refractivity (Wildman–Crippen MR) is 134 cm³/mol. The number of allylic oxidation sites excluding steroid dienone is 1. The van der Waals surface area contributed by atoms with Crippen molar-refractivity contribution < 1.29 is 9.53 Å². The van der Waals surface area contributed by atoms with Gasteiger partial charge in [-0.05, 0) is 51.5 Å². The van der Waals surface area contributed by atoms with Crippen LogP contribution in [0, 0.1) is 13.8 Å². The predicted octanol–water partition coefficient (Wildman–Crippen LogP) is 2.21. The summed E-state index contributed by atoms with van der Waals surface area (Å²) in [6.45, 7) is 7.70. The van der Waals surface area contributed by atoms with Gasteiger partial charge in [0.15, 0.2) is 4.80 Å². The van der Waals surface area contributed by atoms with E-state index in [2.05, 4.69) is 10.1 Å². The van der Waals surface area contributed by atoms with Crippen molar-refractivity contribution in [1.29, 1.82) is 0 Å². The van der Waals surface area contributed by atoms with Crippen LogP contribution in [0.25, 0.3) is 6.08 Å². The van der Waals surface area contributed by atoms with Gasteiger partial charge in [-0.15, -0.1) is 0 Å². The molecule has 0 spiro atoms. The van der Waals surface area contributed by atoms with Crippen LogP contribution < -0.4 is 19.8 Å². The molecular weight excluding hydrogens is 450 g/mol. The summed E-state index contributed by atoms with van der Waals surface area (Å²) in [4.78, 5) is 33.9. The van der Waals surface area contributed by atoms with Crippen LogP contribution in [0.15, 0.2) is 45.3 Å². The van der Waals surface area contributed by atoms with Gasteiger partial charge in [0.2, 0.25) is 0 Å². The zero-order chi connectivity index (χ0) is 24.7. The Kier molecular flexibility index (Phi) is 6.31. The highest BCUT2D eigenvalue weighted by Gasteiger charge is 2.33. The highest BCUT2D eigenvalue weighted by Crippen LogP contribution is 2.31. The Morgan fingerprint density at radius 3 is 2.44 bits per heavy atom. The number of ether oxygens (including phenoxy) is 1. The highest BCUT2D eigenvalue weighted by molar-refractivity contribution is 7.07. The Labute approximate surface area is 202 Å². The molecule has 0 unspecified atom stereocenters. The summed E-state index contributed by atoms with van der Waals surface area (Å²) in [5.41, 5.74) is 5.34. The minimum absolute atomic E-state index is 0.192. The normalized spacial score (nSPS) is 15.9. The fraction of sp³-hybridized carbons (Fsp3) is 0.360. The zero-order valence-electron chi connectivity index (χ0n) is 20.5. The molecule has 178 valence electrons. The van der Waals surface area contributed by atoms with E-state index in [4.69, 9.17) is 4.74 Å². The fourth-order valence-corrected chi connectivity index (χ4v) is 5.22. The van der Waals surface area contributed by atoms with Crippen molar-refractivity contribution >= 4 is 29.1 Å². The minimum Gasteiger partial charge on any atom is -0.463 e. The number of aryl methyl sites for hydroxylation is 2. The first kappa shape index (κ1) is 23.7. The van der Waals surface area contributed by atoms with Crippen molar-refractivity contribution in [2.45, 2.75) is 33.7 Å². The number of rotatable bonds is 5. The molecule has 1 aliphatic heterocycles. The molecule has 0 saturated carbocycles. The average molecular weight is 480 g/mol. The van der Waals surface area contributed by atoms with Crippen molar-refractivity contribution in [2.75, 3.05) is 25.6 Å². The van der Waals surface area contributed by atoms with Gasteiger partial charge in [0, 0.05) is 38.1 Å². The van der Waals surface area contributed by atoms with Crippen LogP contribution in [0.2, 0.25) is 0 Å². The second kappa shape index (κ2) is 9.06. The summed E-state index contributed by atoms with van der Waals surface area (Å²) < 4.78 is 9.32. The molecule has 0 aliphatic carbocycles. The number of benzene rings is 1. The zero-order valence-corrected chi connectivity index (χ0v) is 21.4. The highest BCUT2D eigenvalue weighted by atomic mass is 32.1. The second-order valence-electron chi connectivity index (χ2n) is 8.50. The maximum atomic E-state index is 13.7. The van der Waals surface area contributed by atoms with E-state index in [0.717, 1.165) is 28.2 Å². The standard InChI is InChI=1S/C25H29N5O3S/c1-8-33-24(32)21-15(3)26-25-30(22(21)17-9-11-18(12-10-17)28(5)6)23(31)20(34-25)13-19-14(2)27-29(7)16(19)4/h9-13,22H,8H2,1-7H3/b20-13+/t22-/m1/s1. The van der Waals surface area contributed by atoms with Gasteiger partial charge in [0.1, 0.15) is 0 Å². The molecule has 2 aromatic heterocycles. The summed E-state index contributed by atoms with van der Waals surface area (Å²) >= 11 is 1.32. The van der Waals surface area contributed by atoms with Gasteiger partial charge < -0.3 is 9.64 Å². The first-order chi connectivity index (χ1) is 16.1. The van der Waals surface area contributed by atoms with Gasteiger partial charge in [0.25, 0.3) is 5.56 Å². The van der Waals surface area contributed by atoms with Gasteiger partial charge >= 0.3 is 5.97 Å². The third kappa shape index (κ3) is 4.00. The maximum Gasteiger partial charge on any atom is 0.338 e. The van der Waals surface area contributed by atoms with Crippen molar-refractivity contribution in [1.82, 2.24) is 14.3 Å². The number of thiazole rings is 1. The number of aromatic nitrogens is 3. The number of hydrogen-bond acceptors (Lipinski definition) is 7. The van der Waals surface area contributed by atoms with E-state index in [9.17, 15) is 9.59 Å². The lowest BCUT2D eigenvalue weighted by atomic mass is 9.95. The first-order valence-electron chi connectivity index (χ1n) is 11.1. The molecule has 9 heteroatoms. The summed E-state index contributed by atoms with van der Waals surface area (Å²) in [6, 6.07) is 7.23. The lowest BCUT2D eigenvalue weighted by Gasteiger charge is -2.25. The van der Waals surface area contributed by atoms with E-state index < -0.39 is 12.0 Å². The van der Waals surface area contributed by atoms with Crippen molar-refractivity contribution in [2.24, 2.45) is 12.0 Å². The van der Waals surface area contributed by atoms with E-state index in [-0.39, 0.29) is 12.2 Å². The molecule has 0 radical (unpaired) electrons. The van der Waals surface area contributed by atoms with E-state index >= 15 is 0 Å². The Morgan fingerprint density at radius 1 is 1.21 bits per heavy atom. The van der Waals surface area contributed by atoms with Crippen LogP contribution in [0.1, 0.15) is 42.4 Å². The summed E-state index contributed by atoms with van der Waals surface area (Å²) in [6.07, 6.45) is 1.87. The van der Waals surface area contributed by atoms with Gasteiger partial charge in [-0.25, -0.2) is 9.79 Å². The minimum atomic E-state index is -0.621. The average Bonchev–Trinajstić information content (AvgIpc) is 3.22. The quantitative estimate of drug-likeness (QED) is 0.524. The molecule has 0 fully saturated rings. The molecule has 3 heterocycles. The van der Waals surface area contributed by atoms with Gasteiger partial charge in [0.05, 0.1) is 34.1 Å². The summed E-state index contributed by atoms with van der Waals surface area (Å²) in [7, 11) is 5.82. The molecule has 34 heavy (non-hydrogen) atoms. The molecule has 1 aromatic carbocycles. The van der Waals surface area contributed by atoms with E-state index in [1.54, 1.807) is 23.1 Å². The van der Waals surface area contributed by atoms with Crippen molar-refractivity contribution in [3.05, 3.63) is 77.7 Å². The van der Waals surface area contributed by atoms with Gasteiger partial charge in [-0.1, -0.05) is 23.5 Å². The van der Waals surface area contributed by atoms with Crippen LogP contribution >= 0.6 is 11.3 Å². The Balaban J connectivity index is 1.96. The van der Waals surface area contributed by atoms with Gasteiger partial charge in [-0.3, -0.25) is 14.0 Å². The third-order valence-electron chi connectivity index (χ3n) is 6.08. The number of carbonyl (C=O) groups excluding carboxylic acids is 1. The summed E-state index contributed by atoms with van der Waals surface area (Å²) in [5, 5.41) is 4.46. The van der Waals surface area contributed by atoms with Crippen LogP contribution in [-0.4, -0.2) is 41.0 Å². The smallest absolute Gasteiger partial charge is 0.338 e. The van der Waals surface area contributed by atoms with E-state index in [0.29, 0.717) is 20.6 Å². The van der Waals surface area contributed by atoms with E-state index in [1.807, 2.05) is 70.2 Å². The van der Waals surface area contributed by atoms with Crippen LogP contribution in [-0.2, 0) is 16.6 Å². The van der Waals surface area contributed by atoms with Crippen molar-refractivity contribution in [3.8, 4) is 0 Å². The molecule has 0 amide bonds. The SMILES string of the molecule is CCOC(=O)C1=C(C)N=c2s/c(=C/c3c(C)nn(C)c3C)c(=O)n2[C@@H]1c1ccc(N(C)C)cc1. The first-order valence-corrected chi connectivity index (χ1v) is 11.9. The molecule has 1 atom stereocenters. The van der Waals surface area contributed by atoms with Crippen molar-refractivity contribution in [3.63, 3.8) is 0 Å². The monoisotopic (exact) mass is 479 g/mol. The van der Waals surface area contributed by atoms with Gasteiger partial charge in [-0.2, -0.15) is 5.10 Å². The van der Waals surface area contributed by atoms with Crippen LogP contribution in [0.3, 0.4) is 0 Å². The molecule has 3 aromatic rings. The number of anilines is 1. The number of esters is 1. The Morgan fingerprint density at radius 2 is 1.88 bits per heavy atom. The number of fused-ring (bicyclic) bond motifs is 1. The number of hydrogen-bond donors (Lipinski definition) is 0. The Bertz CT molecular complexity index is 1470. The topological polar surface area (TPSA) is 81.7 Å². The fourth-order valence-electron chi connectivity index (χ4n) is 4.19. The molecule has 0 saturated heterocycles.